The van der Waals surface area contributed by atoms with Crippen LogP contribution in [-0.4, -0.2) is 35.4 Å². The van der Waals surface area contributed by atoms with Gasteiger partial charge in [0.05, 0.1) is 0 Å². The Morgan fingerprint density at radius 2 is 2.36 bits per heavy atom. The zero-order chi connectivity index (χ0) is 10.6. The zero-order valence-electron chi connectivity index (χ0n) is 7.74. The van der Waals surface area contributed by atoms with E-state index in [2.05, 4.69) is 6.58 Å². The standard InChI is InChI=1S/C9H12ClNO3/c1-2-6-14-9(13)11-5-3-4-7(11)8(10)12/h2,7H,1,3-6H2/t7-/m0/s1. The summed E-state index contributed by atoms with van der Waals surface area (Å²) in [5.74, 6) is 0. The van der Waals surface area contributed by atoms with Gasteiger partial charge in [-0.2, -0.15) is 0 Å². The molecule has 1 heterocycles. The number of carbonyl (C=O) groups excluding carboxylic acids is 2. The van der Waals surface area contributed by atoms with Gasteiger partial charge in [-0.1, -0.05) is 12.7 Å². The predicted molar refractivity (Wildman–Crippen MR) is 52.1 cm³/mol. The Morgan fingerprint density at radius 1 is 1.64 bits per heavy atom. The largest absolute Gasteiger partial charge is 0.445 e. The van der Waals surface area contributed by atoms with Crippen molar-refractivity contribution in [3.8, 4) is 0 Å². The maximum absolute atomic E-state index is 11.4. The molecule has 0 aromatic heterocycles. The van der Waals surface area contributed by atoms with Crippen LogP contribution < -0.4 is 0 Å². The lowest BCUT2D eigenvalue weighted by Crippen LogP contribution is -2.39. The average Bonchev–Trinajstić information content (AvgIpc) is 2.62. The van der Waals surface area contributed by atoms with E-state index in [1.54, 1.807) is 0 Å². The minimum atomic E-state index is -0.519. The third kappa shape index (κ3) is 2.48. The van der Waals surface area contributed by atoms with Gasteiger partial charge in [-0.15, -0.1) is 0 Å². The van der Waals surface area contributed by atoms with Crippen molar-refractivity contribution in [3.63, 3.8) is 0 Å². The van der Waals surface area contributed by atoms with Crippen LogP contribution >= 0.6 is 11.6 Å². The van der Waals surface area contributed by atoms with Crippen LogP contribution in [-0.2, 0) is 9.53 Å². The molecule has 1 saturated heterocycles. The van der Waals surface area contributed by atoms with Crippen LogP contribution in [0.2, 0.25) is 0 Å². The summed E-state index contributed by atoms with van der Waals surface area (Å²) in [6, 6.07) is -0.519. The molecule has 1 rings (SSSR count). The topological polar surface area (TPSA) is 46.6 Å². The van der Waals surface area contributed by atoms with E-state index in [1.807, 2.05) is 0 Å². The summed E-state index contributed by atoms with van der Waals surface area (Å²) in [7, 11) is 0. The molecule has 0 aromatic rings. The van der Waals surface area contributed by atoms with Crippen LogP contribution in [0.15, 0.2) is 12.7 Å². The highest BCUT2D eigenvalue weighted by Crippen LogP contribution is 2.20. The Morgan fingerprint density at radius 3 is 2.93 bits per heavy atom. The molecule has 0 bridgehead atoms. The summed E-state index contributed by atoms with van der Waals surface area (Å²) < 4.78 is 4.81. The molecule has 14 heavy (non-hydrogen) atoms. The molecule has 0 unspecified atom stereocenters. The molecule has 1 fully saturated rings. The molecule has 0 aromatic carbocycles. The van der Waals surface area contributed by atoms with Gasteiger partial charge in [-0.3, -0.25) is 9.69 Å². The van der Waals surface area contributed by atoms with E-state index < -0.39 is 17.4 Å². The second-order valence-corrected chi connectivity index (χ2v) is 3.39. The predicted octanol–water partition coefficient (Wildman–Crippen LogP) is 1.54. The second kappa shape index (κ2) is 5.00. The summed E-state index contributed by atoms with van der Waals surface area (Å²) in [5, 5.41) is -0.502. The van der Waals surface area contributed by atoms with Gasteiger partial charge in [0.2, 0.25) is 5.24 Å². The van der Waals surface area contributed by atoms with Gasteiger partial charge in [0, 0.05) is 6.54 Å². The van der Waals surface area contributed by atoms with Crippen molar-refractivity contribution in [2.75, 3.05) is 13.2 Å². The molecule has 1 aliphatic rings. The van der Waals surface area contributed by atoms with Gasteiger partial charge in [0.25, 0.3) is 0 Å². The molecular weight excluding hydrogens is 206 g/mol. The van der Waals surface area contributed by atoms with Gasteiger partial charge in [-0.25, -0.2) is 4.79 Å². The molecule has 0 radical (unpaired) electrons. The summed E-state index contributed by atoms with van der Waals surface area (Å²) in [6.45, 7) is 4.10. The van der Waals surface area contributed by atoms with Gasteiger partial charge >= 0.3 is 6.09 Å². The van der Waals surface area contributed by atoms with Crippen LogP contribution in [0.5, 0.6) is 0 Å². The highest BCUT2D eigenvalue weighted by atomic mass is 35.5. The molecule has 0 spiro atoms. The number of rotatable bonds is 3. The van der Waals surface area contributed by atoms with Crippen molar-refractivity contribution in [2.24, 2.45) is 0 Å². The summed E-state index contributed by atoms with van der Waals surface area (Å²) in [4.78, 5) is 23.7. The van der Waals surface area contributed by atoms with Gasteiger partial charge in [0.1, 0.15) is 12.6 Å². The lowest BCUT2D eigenvalue weighted by molar-refractivity contribution is -0.115. The highest BCUT2D eigenvalue weighted by molar-refractivity contribution is 6.64. The van der Waals surface area contributed by atoms with Crippen LogP contribution in [0.4, 0.5) is 4.79 Å². The first-order valence-electron chi connectivity index (χ1n) is 4.40. The van der Waals surface area contributed by atoms with Crippen molar-refractivity contribution in [3.05, 3.63) is 12.7 Å². The fourth-order valence-corrected chi connectivity index (χ4v) is 1.66. The number of carbonyl (C=O) groups is 2. The number of halogens is 1. The first kappa shape index (κ1) is 11.0. The molecule has 0 saturated carbocycles. The maximum atomic E-state index is 11.4. The van der Waals surface area contributed by atoms with Gasteiger partial charge < -0.3 is 4.74 Å². The van der Waals surface area contributed by atoms with Gasteiger partial charge in [-0.05, 0) is 24.4 Å². The molecule has 1 atom stereocenters. The Labute approximate surface area is 87.5 Å². The SMILES string of the molecule is C=CCOC(=O)N1CCC[C@H]1C(=O)Cl. The molecule has 0 N–H and O–H groups in total. The monoisotopic (exact) mass is 217 g/mol. The number of nitrogens with zero attached hydrogens (tertiary/aromatic N) is 1. The number of ether oxygens (including phenoxy) is 1. The Bertz CT molecular complexity index is 254. The first-order chi connectivity index (χ1) is 6.66. The normalized spacial score (nSPS) is 20.6. The van der Waals surface area contributed by atoms with Crippen LogP contribution in [0, 0.1) is 0 Å². The fourth-order valence-electron chi connectivity index (χ4n) is 1.43. The van der Waals surface area contributed by atoms with Crippen LogP contribution in [0.1, 0.15) is 12.8 Å². The molecule has 1 amide bonds. The molecule has 78 valence electrons. The quantitative estimate of drug-likeness (QED) is 0.532. The zero-order valence-corrected chi connectivity index (χ0v) is 8.50. The summed E-state index contributed by atoms with van der Waals surface area (Å²) in [5.41, 5.74) is 0. The highest BCUT2D eigenvalue weighted by Gasteiger charge is 2.33. The van der Waals surface area contributed by atoms with E-state index in [9.17, 15) is 9.59 Å². The molecule has 4 nitrogen and oxygen atoms in total. The third-order valence-corrected chi connectivity index (χ3v) is 2.33. The van der Waals surface area contributed by atoms with Crippen molar-refractivity contribution in [1.82, 2.24) is 4.90 Å². The lowest BCUT2D eigenvalue weighted by atomic mass is 10.2. The van der Waals surface area contributed by atoms with E-state index in [-0.39, 0.29) is 6.61 Å². The minimum Gasteiger partial charge on any atom is -0.445 e. The summed E-state index contributed by atoms with van der Waals surface area (Å²) >= 11 is 5.35. The van der Waals surface area contributed by atoms with Crippen LogP contribution in [0.25, 0.3) is 0 Å². The van der Waals surface area contributed by atoms with E-state index in [1.165, 1.54) is 11.0 Å². The van der Waals surface area contributed by atoms with E-state index in [0.717, 1.165) is 6.42 Å². The Hall–Kier alpha value is -1.03. The molecular formula is C9H12ClNO3. The van der Waals surface area contributed by atoms with Crippen LogP contribution in [0.3, 0.4) is 0 Å². The second-order valence-electron chi connectivity index (χ2n) is 3.02. The number of hydrogen-bond donors (Lipinski definition) is 0. The van der Waals surface area contributed by atoms with E-state index >= 15 is 0 Å². The van der Waals surface area contributed by atoms with Gasteiger partial charge in [0.15, 0.2) is 0 Å². The number of amides is 1. The molecule has 1 aliphatic heterocycles. The number of likely N-dealkylation sites (tertiary alicyclic amines) is 1. The Kier molecular flexibility index (Phi) is 3.95. The van der Waals surface area contributed by atoms with E-state index in [0.29, 0.717) is 13.0 Å². The Balaban J connectivity index is 2.53. The maximum Gasteiger partial charge on any atom is 0.410 e. The third-order valence-electron chi connectivity index (χ3n) is 2.07. The fraction of sp³-hybridized carbons (Fsp3) is 0.556. The van der Waals surface area contributed by atoms with Crippen molar-refractivity contribution in [1.29, 1.82) is 0 Å². The van der Waals surface area contributed by atoms with Crippen molar-refractivity contribution < 1.29 is 14.3 Å². The van der Waals surface area contributed by atoms with Crippen molar-refractivity contribution in [2.45, 2.75) is 18.9 Å². The number of hydrogen-bond acceptors (Lipinski definition) is 3. The molecule has 5 heteroatoms. The smallest absolute Gasteiger partial charge is 0.410 e. The molecule has 0 aliphatic carbocycles. The average molecular weight is 218 g/mol. The van der Waals surface area contributed by atoms with Crippen molar-refractivity contribution >= 4 is 22.9 Å². The van der Waals surface area contributed by atoms with E-state index in [4.69, 9.17) is 16.3 Å². The summed E-state index contributed by atoms with van der Waals surface area (Å²) in [6.07, 6.45) is 2.38. The minimum absolute atomic E-state index is 0.151. The first-order valence-corrected chi connectivity index (χ1v) is 4.78. The lowest BCUT2D eigenvalue weighted by Gasteiger charge is -2.20.